The van der Waals surface area contributed by atoms with Crippen molar-refractivity contribution in [3.63, 3.8) is 0 Å². The monoisotopic (exact) mass is 253 g/mol. The summed E-state index contributed by atoms with van der Waals surface area (Å²) in [7, 11) is 0. The zero-order chi connectivity index (χ0) is 14.0. The van der Waals surface area contributed by atoms with Crippen LogP contribution in [0.15, 0.2) is 36.4 Å². The lowest BCUT2D eigenvalue weighted by molar-refractivity contribution is 0.101. The van der Waals surface area contributed by atoms with Gasteiger partial charge in [0.25, 0.3) is 0 Å². The summed E-state index contributed by atoms with van der Waals surface area (Å²) >= 11 is 0. The van der Waals surface area contributed by atoms with Crippen LogP contribution in [0.5, 0.6) is 0 Å². The van der Waals surface area contributed by atoms with Crippen LogP contribution in [0.3, 0.4) is 0 Å². The first-order valence-corrected chi connectivity index (χ1v) is 6.44. The fraction of sp³-hybridized carbons (Fsp3) is 0.235. The topological polar surface area (TPSA) is 29.1 Å². The van der Waals surface area contributed by atoms with Gasteiger partial charge in [0.1, 0.15) is 0 Å². The highest BCUT2D eigenvalue weighted by atomic mass is 16.1. The number of Topliss-reactive ketones (excluding diaryl/α,β-unsaturated/α-hetero) is 1. The van der Waals surface area contributed by atoms with Crippen molar-refractivity contribution in [3.8, 4) is 0 Å². The number of nitrogens with one attached hydrogen (secondary N) is 1. The van der Waals surface area contributed by atoms with Crippen molar-refractivity contribution in [1.29, 1.82) is 0 Å². The highest BCUT2D eigenvalue weighted by Crippen LogP contribution is 2.27. The van der Waals surface area contributed by atoms with Gasteiger partial charge in [0.2, 0.25) is 0 Å². The molecule has 0 fully saturated rings. The van der Waals surface area contributed by atoms with Gasteiger partial charge in [-0.3, -0.25) is 4.79 Å². The van der Waals surface area contributed by atoms with Gasteiger partial charge in [0.15, 0.2) is 5.78 Å². The zero-order valence-electron chi connectivity index (χ0n) is 11.9. The molecule has 0 spiro atoms. The highest BCUT2D eigenvalue weighted by molar-refractivity contribution is 6.00. The molecule has 0 saturated carbocycles. The van der Waals surface area contributed by atoms with Gasteiger partial charge < -0.3 is 5.32 Å². The first-order chi connectivity index (χ1) is 8.99. The summed E-state index contributed by atoms with van der Waals surface area (Å²) in [6.07, 6.45) is 0. The molecule has 0 saturated heterocycles. The summed E-state index contributed by atoms with van der Waals surface area (Å²) in [6, 6.07) is 11.9. The van der Waals surface area contributed by atoms with Gasteiger partial charge in [-0.1, -0.05) is 29.8 Å². The Balaban J connectivity index is 2.45. The lowest BCUT2D eigenvalue weighted by Crippen LogP contribution is -2.02. The predicted octanol–water partition coefficient (Wildman–Crippen LogP) is 4.56. The van der Waals surface area contributed by atoms with Crippen LogP contribution >= 0.6 is 0 Å². The fourth-order valence-corrected chi connectivity index (χ4v) is 2.41. The molecule has 2 heteroatoms. The molecule has 2 aromatic rings. The van der Waals surface area contributed by atoms with E-state index in [0.29, 0.717) is 0 Å². The number of aryl methyl sites for hydroxylation is 3. The molecule has 2 nitrogen and oxygen atoms in total. The first kappa shape index (κ1) is 13.3. The molecule has 0 aliphatic rings. The summed E-state index contributed by atoms with van der Waals surface area (Å²) in [4.78, 5) is 11.6. The summed E-state index contributed by atoms with van der Waals surface area (Å²) in [5.41, 5.74) is 6.30. The quantitative estimate of drug-likeness (QED) is 0.812. The minimum Gasteiger partial charge on any atom is -0.354 e. The Labute approximate surface area is 114 Å². The zero-order valence-corrected chi connectivity index (χ0v) is 11.9. The largest absolute Gasteiger partial charge is 0.354 e. The molecule has 0 unspecified atom stereocenters. The molecule has 0 aliphatic heterocycles. The van der Waals surface area contributed by atoms with Crippen LogP contribution in [0.4, 0.5) is 11.4 Å². The molecular weight excluding hydrogens is 234 g/mol. The van der Waals surface area contributed by atoms with E-state index in [9.17, 15) is 4.79 Å². The SMILES string of the molecule is CC(=O)c1ccccc1Nc1c(C)cc(C)cc1C. The number of anilines is 2. The van der Waals surface area contributed by atoms with Crippen LogP contribution in [0.2, 0.25) is 0 Å². The van der Waals surface area contributed by atoms with Crippen LogP contribution in [-0.2, 0) is 0 Å². The van der Waals surface area contributed by atoms with E-state index in [1.165, 1.54) is 16.7 Å². The van der Waals surface area contributed by atoms with Crippen molar-refractivity contribution < 1.29 is 4.79 Å². The molecule has 0 aromatic heterocycles. The average Bonchev–Trinajstić information content (AvgIpc) is 2.34. The van der Waals surface area contributed by atoms with Gasteiger partial charge in [-0.25, -0.2) is 0 Å². The number of para-hydroxylation sites is 1. The predicted molar refractivity (Wildman–Crippen MR) is 80.4 cm³/mol. The molecule has 0 heterocycles. The third-order valence-electron chi connectivity index (χ3n) is 3.24. The molecule has 0 radical (unpaired) electrons. The summed E-state index contributed by atoms with van der Waals surface area (Å²) < 4.78 is 0. The Bertz CT molecular complexity index is 606. The molecule has 0 bridgehead atoms. The molecule has 2 rings (SSSR count). The van der Waals surface area contributed by atoms with Gasteiger partial charge >= 0.3 is 0 Å². The van der Waals surface area contributed by atoms with E-state index in [4.69, 9.17) is 0 Å². The standard InChI is InChI=1S/C17H19NO/c1-11-9-12(2)17(13(3)10-11)18-16-8-6-5-7-15(16)14(4)19/h5-10,18H,1-4H3. The third-order valence-corrected chi connectivity index (χ3v) is 3.24. The van der Waals surface area contributed by atoms with E-state index in [0.717, 1.165) is 16.9 Å². The molecule has 98 valence electrons. The van der Waals surface area contributed by atoms with Crippen LogP contribution in [-0.4, -0.2) is 5.78 Å². The fourth-order valence-electron chi connectivity index (χ4n) is 2.41. The number of ketones is 1. The second-order valence-electron chi connectivity index (χ2n) is 5.00. The van der Waals surface area contributed by atoms with Crippen LogP contribution in [0.25, 0.3) is 0 Å². The van der Waals surface area contributed by atoms with E-state index in [2.05, 4.69) is 38.2 Å². The van der Waals surface area contributed by atoms with Crippen molar-refractivity contribution in [2.24, 2.45) is 0 Å². The van der Waals surface area contributed by atoms with E-state index in [1.807, 2.05) is 24.3 Å². The normalized spacial score (nSPS) is 10.3. The summed E-state index contributed by atoms with van der Waals surface area (Å²) in [5, 5.41) is 3.40. The lowest BCUT2D eigenvalue weighted by Gasteiger charge is -2.15. The van der Waals surface area contributed by atoms with Crippen molar-refractivity contribution in [2.75, 3.05) is 5.32 Å². The molecule has 0 aliphatic carbocycles. The smallest absolute Gasteiger partial charge is 0.161 e. The van der Waals surface area contributed by atoms with Crippen molar-refractivity contribution >= 4 is 17.2 Å². The Morgan fingerprint density at radius 1 is 1.00 bits per heavy atom. The lowest BCUT2D eigenvalue weighted by atomic mass is 10.0. The maximum absolute atomic E-state index is 11.6. The van der Waals surface area contributed by atoms with E-state index in [-0.39, 0.29) is 5.78 Å². The number of benzene rings is 2. The van der Waals surface area contributed by atoms with Crippen LogP contribution < -0.4 is 5.32 Å². The number of hydrogen-bond donors (Lipinski definition) is 1. The minimum atomic E-state index is 0.0746. The van der Waals surface area contributed by atoms with E-state index >= 15 is 0 Å². The maximum Gasteiger partial charge on any atom is 0.161 e. The highest BCUT2D eigenvalue weighted by Gasteiger charge is 2.09. The second-order valence-corrected chi connectivity index (χ2v) is 5.00. The summed E-state index contributed by atoms with van der Waals surface area (Å²) in [6.45, 7) is 7.85. The number of hydrogen-bond acceptors (Lipinski definition) is 2. The number of rotatable bonds is 3. The molecule has 0 atom stereocenters. The van der Waals surface area contributed by atoms with E-state index in [1.54, 1.807) is 6.92 Å². The molecule has 0 amide bonds. The van der Waals surface area contributed by atoms with Gasteiger partial charge in [0, 0.05) is 16.9 Å². The second kappa shape index (κ2) is 5.27. The first-order valence-electron chi connectivity index (χ1n) is 6.44. The Hall–Kier alpha value is -2.09. The molecule has 2 aromatic carbocycles. The Kier molecular flexibility index (Phi) is 3.70. The Morgan fingerprint density at radius 3 is 2.16 bits per heavy atom. The number of carbonyl (C=O) groups excluding carboxylic acids is 1. The molecule has 1 N–H and O–H groups in total. The van der Waals surface area contributed by atoms with Gasteiger partial charge in [-0.05, 0) is 51.0 Å². The maximum atomic E-state index is 11.6. The van der Waals surface area contributed by atoms with Gasteiger partial charge in [0.05, 0.1) is 0 Å². The molecule has 19 heavy (non-hydrogen) atoms. The summed E-state index contributed by atoms with van der Waals surface area (Å²) in [5.74, 6) is 0.0746. The average molecular weight is 253 g/mol. The number of carbonyl (C=O) groups is 1. The van der Waals surface area contributed by atoms with Crippen LogP contribution in [0, 0.1) is 20.8 Å². The Morgan fingerprint density at radius 2 is 1.58 bits per heavy atom. The van der Waals surface area contributed by atoms with Gasteiger partial charge in [-0.15, -0.1) is 0 Å². The third kappa shape index (κ3) is 2.84. The van der Waals surface area contributed by atoms with E-state index < -0.39 is 0 Å². The minimum absolute atomic E-state index is 0.0746. The van der Waals surface area contributed by atoms with Crippen LogP contribution in [0.1, 0.15) is 34.0 Å². The van der Waals surface area contributed by atoms with Crippen molar-refractivity contribution in [3.05, 3.63) is 58.7 Å². The van der Waals surface area contributed by atoms with Gasteiger partial charge in [-0.2, -0.15) is 0 Å². The van der Waals surface area contributed by atoms with Crippen molar-refractivity contribution in [1.82, 2.24) is 0 Å². The molecular formula is C17H19NO. The van der Waals surface area contributed by atoms with Crippen molar-refractivity contribution in [2.45, 2.75) is 27.7 Å².